The first-order valence-electron chi connectivity index (χ1n) is 12.9. The molecule has 0 aromatic heterocycles. The molecule has 3 heteroatoms. The minimum absolute atomic E-state index is 0.180. The van der Waals surface area contributed by atoms with Gasteiger partial charge in [-0.3, -0.25) is 4.79 Å². The van der Waals surface area contributed by atoms with E-state index in [4.69, 9.17) is 0 Å². The molecule has 3 nitrogen and oxygen atoms in total. The Morgan fingerprint density at radius 1 is 0.931 bits per heavy atom. The lowest BCUT2D eigenvalue weighted by Crippen LogP contribution is -2.51. The van der Waals surface area contributed by atoms with Crippen LogP contribution >= 0.6 is 0 Å². The van der Waals surface area contributed by atoms with Gasteiger partial charge in [0.15, 0.2) is 0 Å². The van der Waals surface area contributed by atoms with Gasteiger partial charge in [0.05, 0.1) is 5.92 Å². The molecule has 3 fully saturated rings. The summed E-state index contributed by atoms with van der Waals surface area (Å²) in [6.07, 6.45) is 19.7. The predicted octanol–water partition coefficient (Wildman–Crippen LogP) is 6.22. The fourth-order valence-corrected chi connectivity index (χ4v) is 6.45. The van der Waals surface area contributed by atoms with Gasteiger partial charge in [-0.1, -0.05) is 65.7 Å². The molecule has 0 bridgehead atoms. The standard InChI is InChI=1S/C26H48N2O/c1-25(2,3)17-21-11-13-23(14-12-21)28-24(29)22-18-26(20-27-19-22)15-9-7-5-4-6-8-10-16-26/h21-23,27H,4-20H2,1-3H3,(H,28,29)/t21-,22?,23-. The molecule has 2 N–H and O–H groups in total. The average Bonchev–Trinajstić information content (AvgIpc) is 2.68. The Hall–Kier alpha value is -0.570. The molecule has 3 aliphatic rings. The van der Waals surface area contributed by atoms with Crippen LogP contribution in [0.1, 0.15) is 117 Å². The molecule has 168 valence electrons. The molecular weight excluding hydrogens is 356 g/mol. The zero-order valence-electron chi connectivity index (χ0n) is 19.7. The summed E-state index contributed by atoms with van der Waals surface area (Å²) >= 11 is 0. The maximum atomic E-state index is 13.1. The third-order valence-electron chi connectivity index (χ3n) is 7.95. The minimum Gasteiger partial charge on any atom is -0.353 e. The van der Waals surface area contributed by atoms with E-state index in [1.807, 2.05) is 0 Å². The van der Waals surface area contributed by atoms with Gasteiger partial charge in [-0.2, -0.15) is 0 Å². The summed E-state index contributed by atoms with van der Waals surface area (Å²) in [5, 5.41) is 7.14. The highest BCUT2D eigenvalue weighted by Gasteiger charge is 2.38. The summed E-state index contributed by atoms with van der Waals surface area (Å²) in [5.74, 6) is 1.37. The summed E-state index contributed by atoms with van der Waals surface area (Å²) in [4.78, 5) is 13.1. The van der Waals surface area contributed by atoms with Crippen molar-refractivity contribution in [3.8, 4) is 0 Å². The summed E-state index contributed by atoms with van der Waals surface area (Å²) in [7, 11) is 0. The zero-order valence-corrected chi connectivity index (χ0v) is 19.7. The Balaban J connectivity index is 1.48. The normalized spacial score (nSPS) is 31.9. The first kappa shape index (κ1) is 23.1. The maximum Gasteiger partial charge on any atom is 0.224 e. The van der Waals surface area contributed by atoms with Gasteiger partial charge >= 0.3 is 0 Å². The van der Waals surface area contributed by atoms with Gasteiger partial charge < -0.3 is 10.6 Å². The van der Waals surface area contributed by atoms with Crippen LogP contribution in [0.15, 0.2) is 0 Å². The predicted molar refractivity (Wildman–Crippen MR) is 123 cm³/mol. The number of amides is 1. The molecule has 1 atom stereocenters. The Morgan fingerprint density at radius 3 is 2.10 bits per heavy atom. The number of carbonyl (C=O) groups is 1. The molecule has 0 aromatic carbocycles. The molecule has 1 saturated heterocycles. The average molecular weight is 405 g/mol. The molecule has 2 saturated carbocycles. The van der Waals surface area contributed by atoms with Crippen LogP contribution in [0, 0.1) is 22.7 Å². The van der Waals surface area contributed by atoms with Crippen molar-refractivity contribution in [3.05, 3.63) is 0 Å². The van der Waals surface area contributed by atoms with Gasteiger partial charge in [0, 0.05) is 19.1 Å². The molecule has 3 rings (SSSR count). The second kappa shape index (κ2) is 10.6. The van der Waals surface area contributed by atoms with Crippen LogP contribution in [0.5, 0.6) is 0 Å². The first-order valence-corrected chi connectivity index (χ1v) is 12.9. The lowest BCUT2D eigenvalue weighted by molar-refractivity contribution is -0.128. The smallest absolute Gasteiger partial charge is 0.224 e. The van der Waals surface area contributed by atoms with Crippen molar-refractivity contribution in [2.24, 2.45) is 22.7 Å². The molecule has 1 spiro atoms. The second-order valence-electron chi connectivity index (χ2n) is 12.0. The van der Waals surface area contributed by atoms with E-state index in [0.29, 0.717) is 22.8 Å². The van der Waals surface area contributed by atoms with Gasteiger partial charge in [-0.25, -0.2) is 0 Å². The third-order valence-corrected chi connectivity index (χ3v) is 7.95. The first-order chi connectivity index (χ1) is 13.9. The van der Waals surface area contributed by atoms with Gasteiger partial charge in [0.2, 0.25) is 5.91 Å². The lowest BCUT2D eigenvalue weighted by atomic mass is 9.69. The highest BCUT2D eigenvalue weighted by atomic mass is 16.2. The SMILES string of the molecule is CC(C)(C)C[C@H]1CC[C@H](NC(=O)C2CNCC3(CCCCCCCCC3)C2)CC1. The number of carbonyl (C=O) groups excluding carboxylic acids is 1. The van der Waals surface area contributed by atoms with Gasteiger partial charge in [0.1, 0.15) is 0 Å². The van der Waals surface area contributed by atoms with E-state index in [2.05, 4.69) is 31.4 Å². The van der Waals surface area contributed by atoms with E-state index >= 15 is 0 Å². The van der Waals surface area contributed by atoms with E-state index in [-0.39, 0.29) is 5.92 Å². The topological polar surface area (TPSA) is 41.1 Å². The van der Waals surface area contributed by atoms with Crippen LogP contribution in [-0.4, -0.2) is 25.0 Å². The fraction of sp³-hybridized carbons (Fsp3) is 0.962. The largest absolute Gasteiger partial charge is 0.353 e. The molecule has 1 aliphatic heterocycles. The maximum absolute atomic E-state index is 13.1. The highest BCUT2D eigenvalue weighted by Crippen LogP contribution is 2.41. The molecule has 2 aliphatic carbocycles. The summed E-state index contributed by atoms with van der Waals surface area (Å²) < 4.78 is 0. The molecule has 1 amide bonds. The Labute approximate surface area is 180 Å². The van der Waals surface area contributed by atoms with E-state index in [9.17, 15) is 4.79 Å². The van der Waals surface area contributed by atoms with Crippen molar-refractivity contribution in [1.29, 1.82) is 0 Å². The van der Waals surface area contributed by atoms with E-state index < -0.39 is 0 Å². The summed E-state index contributed by atoms with van der Waals surface area (Å²) in [6, 6.07) is 0.417. The quantitative estimate of drug-likeness (QED) is 0.586. The Kier molecular flexibility index (Phi) is 8.48. The van der Waals surface area contributed by atoms with Crippen LogP contribution in [0.25, 0.3) is 0 Å². The molecular formula is C26H48N2O. The van der Waals surface area contributed by atoms with Crippen LogP contribution in [0.2, 0.25) is 0 Å². The van der Waals surface area contributed by atoms with E-state index in [0.717, 1.165) is 25.4 Å². The number of hydrogen-bond acceptors (Lipinski definition) is 2. The van der Waals surface area contributed by atoms with Crippen LogP contribution in [0.4, 0.5) is 0 Å². The molecule has 29 heavy (non-hydrogen) atoms. The van der Waals surface area contributed by atoms with Crippen molar-refractivity contribution in [3.63, 3.8) is 0 Å². The van der Waals surface area contributed by atoms with Crippen molar-refractivity contribution >= 4 is 5.91 Å². The molecule has 0 aromatic rings. The third kappa shape index (κ3) is 7.56. The van der Waals surface area contributed by atoms with Gasteiger partial charge in [-0.05, 0) is 68.1 Å². The molecule has 0 radical (unpaired) electrons. The monoisotopic (exact) mass is 404 g/mol. The van der Waals surface area contributed by atoms with Crippen LogP contribution < -0.4 is 10.6 Å². The minimum atomic E-state index is 0.180. The highest BCUT2D eigenvalue weighted by molar-refractivity contribution is 5.79. The fourth-order valence-electron chi connectivity index (χ4n) is 6.45. The van der Waals surface area contributed by atoms with E-state index in [1.165, 1.54) is 89.9 Å². The number of hydrogen-bond donors (Lipinski definition) is 2. The number of piperidine rings is 1. The van der Waals surface area contributed by atoms with Crippen molar-refractivity contribution < 1.29 is 4.79 Å². The molecule has 1 unspecified atom stereocenters. The van der Waals surface area contributed by atoms with Crippen LogP contribution in [-0.2, 0) is 4.79 Å². The van der Waals surface area contributed by atoms with Crippen molar-refractivity contribution in [1.82, 2.24) is 10.6 Å². The number of rotatable bonds is 3. The van der Waals surface area contributed by atoms with Gasteiger partial charge in [0.25, 0.3) is 0 Å². The Morgan fingerprint density at radius 2 is 1.52 bits per heavy atom. The number of nitrogens with one attached hydrogen (secondary N) is 2. The molecule has 1 heterocycles. The summed E-state index contributed by atoms with van der Waals surface area (Å²) in [5.41, 5.74) is 0.806. The van der Waals surface area contributed by atoms with E-state index in [1.54, 1.807) is 0 Å². The second-order valence-corrected chi connectivity index (χ2v) is 12.0. The summed E-state index contributed by atoms with van der Waals surface area (Å²) in [6.45, 7) is 9.07. The zero-order chi connectivity index (χ0) is 20.7. The lowest BCUT2D eigenvalue weighted by Gasteiger charge is -2.42. The Bertz CT molecular complexity index is 491. The van der Waals surface area contributed by atoms with Crippen molar-refractivity contribution in [2.45, 2.75) is 123 Å². The van der Waals surface area contributed by atoms with Crippen molar-refractivity contribution in [2.75, 3.05) is 13.1 Å². The van der Waals surface area contributed by atoms with Gasteiger partial charge in [-0.15, -0.1) is 0 Å². The van der Waals surface area contributed by atoms with Crippen LogP contribution in [0.3, 0.4) is 0 Å².